The lowest BCUT2D eigenvalue weighted by molar-refractivity contribution is 0.619. The molecule has 3 rings (SSSR count). The zero-order valence-electron chi connectivity index (χ0n) is 25.6. The van der Waals surface area contributed by atoms with Crippen LogP contribution in [-0.4, -0.2) is 6.67 Å². The van der Waals surface area contributed by atoms with Crippen LogP contribution in [0.2, 0.25) is 0 Å². The molecule has 0 saturated carbocycles. The fourth-order valence-electron chi connectivity index (χ4n) is 6.76. The molecule has 212 valence electrons. The van der Waals surface area contributed by atoms with Gasteiger partial charge in [0.2, 0.25) is 0 Å². The Kier molecular flexibility index (Phi) is 13.3. The summed E-state index contributed by atoms with van der Waals surface area (Å²) >= 11 is 0. The van der Waals surface area contributed by atoms with Gasteiger partial charge in [-0.15, -0.1) is 12.4 Å². The van der Waals surface area contributed by atoms with Gasteiger partial charge in [0.15, 0.2) is 0 Å². The van der Waals surface area contributed by atoms with E-state index in [1.165, 1.54) is 85.0 Å². The van der Waals surface area contributed by atoms with Crippen LogP contribution in [-0.2, 0) is 0 Å². The summed E-state index contributed by atoms with van der Waals surface area (Å²) in [5, 5.41) is 0. The van der Waals surface area contributed by atoms with Gasteiger partial charge in [0, 0.05) is 23.8 Å². The highest BCUT2D eigenvalue weighted by Crippen LogP contribution is 2.44. The average Bonchev–Trinajstić information content (AvgIpc) is 3.41. The number of anilines is 2. The molecule has 0 fully saturated rings. The maximum atomic E-state index is 2.57. The first-order valence-corrected chi connectivity index (χ1v) is 15.5. The Hall–Kier alpha value is -1.93. The van der Waals surface area contributed by atoms with Crippen LogP contribution in [0.5, 0.6) is 0 Å². The Morgan fingerprint density at radius 3 is 0.921 bits per heavy atom. The number of rotatable bonds is 14. The summed E-state index contributed by atoms with van der Waals surface area (Å²) in [7, 11) is 0. The van der Waals surface area contributed by atoms with Gasteiger partial charge in [0.25, 0.3) is 0 Å². The van der Waals surface area contributed by atoms with Crippen molar-refractivity contribution in [1.82, 2.24) is 0 Å². The monoisotopic (exact) mass is 538 g/mol. The standard InChI is InChI=1S/C35H54N2.ClH/c1-9-26(10-2)30-19-17-20-31(27(11-3)12-4)34(30)36-23-24-37(25-36)35-32(28(13-5)14-6)21-18-22-33(35)29(15-7)16-8;/h17-24,26-29H,9-16,25H2,1-8H3;1H. The third-order valence-corrected chi connectivity index (χ3v) is 9.20. The molecule has 0 amide bonds. The average molecular weight is 539 g/mol. The molecule has 0 unspecified atom stereocenters. The summed E-state index contributed by atoms with van der Waals surface area (Å²) in [6, 6.07) is 14.3. The molecular weight excluding hydrogens is 484 g/mol. The first-order chi connectivity index (χ1) is 18.0. The van der Waals surface area contributed by atoms with Crippen LogP contribution in [0.25, 0.3) is 0 Å². The highest BCUT2D eigenvalue weighted by Gasteiger charge is 2.29. The van der Waals surface area contributed by atoms with Gasteiger partial charge < -0.3 is 9.80 Å². The fraction of sp³-hybridized carbons (Fsp3) is 0.600. The van der Waals surface area contributed by atoms with E-state index in [0.29, 0.717) is 23.7 Å². The third-order valence-electron chi connectivity index (χ3n) is 9.20. The summed E-state index contributed by atoms with van der Waals surface area (Å²) in [5.41, 5.74) is 9.10. The molecule has 1 aliphatic heterocycles. The van der Waals surface area contributed by atoms with Crippen LogP contribution in [0.15, 0.2) is 48.8 Å². The largest absolute Gasteiger partial charge is 0.327 e. The normalized spacial score (nSPS) is 13.5. The van der Waals surface area contributed by atoms with Gasteiger partial charge in [-0.2, -0.15) is 0 Å². The molecule has 2 aromatic rings. The Labute approximate surface area is 241 Å². The first-order valence-electron chi connectivity index (χ1n) is 15.5. The molecule has 3 heteroatoms. The van der Waals surface area contributed by atoms with Crippen molar-refractivity contribution in [2.45, 2.75) is 130 Å². The van der Waals surface area contributed by atoms with Crippen molar-refractivity contribution in [3.8, 4) is 0 Å². The number of hydrogen-bond donors (Lipinski definition) is 0. The second kappa shape index (κ2) is 15.6. The van der Waals surface area contributed by atoms with E-state index in [2.05, 4.69) is 114 Å². The summed E-state index contributed by atoms with van der Waals surface area (Å²) < 4.78 is 0. The van der Waals surface area contributed by atoms with Crippen LogP contribution in [0.3, 0.4) is 0 Å². The van der Waals surface area contributed by atoms with Crippen molar-refractivity contribution in [2.75, 3.05) is 16.5 Å². The lowest BCUT2D eigenvalue weighted by Gasteiger charge is -2.33. The summed E-state index contributed by atoms with van der Waals surface area (Å²) in [6.45, 7) is 19.7. The molecule has 0 N–H and O–H groups in total. The molecule has 0 spiro atoms. The summed E-state index contributed by atoms with van der Waals surface area (Å²) in [4.78, 5) is 5.14. The molecule has 38 heavy (non-hydrogen) atoms. The van der Waals surface area contributed by atoms with E-state index in [1.54, 1.807) is 0 Å². The Balaban J connectivity index is 0.00000507. The fourth-order valence-corrected chi connectivity index (χ4v) is 6.76. The maximum absolute atomic E-state index is 2.57. The Morgan fingerprint density at radius 2 is 0.711 bits per heavy atom. The van der Waals surface area contributed by atoms with Crippen LogP contribution in [0.4, 0.5) is 11.4 Å². The van der Waals surface area contributed by atoms with Gasteiger partial charge in [-0.1, -0.05) is 91.8 Å². The maximum Gasteiger partial charge on any atom is 0.0989 e. The first kappa shape index (κ1) is 32.3. The predicted octanol–water partition coefficient (Wildman–Crippen LogP) is 11.5. The van der Waals surface area contributed by atoms with Gasteiger partial charge in [-0.3, -0.25) is 0 Å². The van der Waals surface area contributed by atoms with E-state index in [1.807, 2.05) is 0 Å². The van der Waals surface area contributed by atoms with E-state index in [0.717, 1.165) is 6.67 Å². The highest BCUT2D eigenvalue weighted by molar-refractivity contribution is 5.85. The quantitative estimate of drug-likeness (QED) is 0.236. The molecule has 0 bridgehead atoms. The van der Waals surface area contributed by atoms with Gasteiger partial charge in [0.1, 0.15) is 0 Å². The van der Waals surface area contributed by atoms with Crippen LogP contribution in [0, 0.1) is 0 Å². The molecule has 0 saturated heterocycles. The van der Waals surface area contributed by atoms with Crippen molar-refractivity contribution >= 4 is 23.8 Å². The lowest BCUT2D eigenvalue weighted by atomic mass is 9.85. The van der Waals surface area contributed by atoms with E-state index in [9.17, 15) is 0 Å². The molecule has 0 aromatic heterocycles. The number of para-hydroxylation sites is 2. The van der Waals surface area contributed by atoms with Crippen LogP contribution >= 0.6 is 12.4 Å². The van der Waals surface area contributed by atoms with Gasteiger partial charge >= 0.3 is 0 Å². The van der Waals surface area contributed by atoms with Gasteiger partial charge in [-0.25, -0.2) is 0 Å². The van der Waals surface area contributed by atoms with Crippen molar-refractivity contribution in [2.24, 2.45) is 0 Å². The number of halogens is 1. The number of benzene rings is 2. The van der Waals surface area contributed by atoms with E-state index in [-0.39, 0.29) is 12.4 Å². The molecule has 2 aromatic carbocycles. The third kappa shape index (κ3) is 6.61. The summed E-state index contributed by atoms with van der Waals surface area (Å²) in [5.74, 6) is 2.40. The van der Waals surface area contributed by atoms with Crippen LogP contribution < -0.4 is 9.80 Å². The second-order valence-corrected chi connectivity index (χ2v) is 11.0. The van der Waals surface area contributed by atoms with E-state index < -0.39 is 0 Å². The molecule has 1 aliphatic rings. The molecule has 2 nitrogen and oxygen atoms in total. The zero-order valence-corrected chi connectivity index (χ0v) is 26.4. The second-order valence-electron chi connectivity index (χ2n) is 11.0. The van der Waals surface area contributed by atoms with Crippen molar-refractivity contribution < 1.29 is 0 Å². The molecule has 0 aliphatic carbocycles. The molecule has 1 heterocycles. The summed E-state index contributed by atoms with van der Waals surface area (Å²) in [6.07, 6.45) is 14.2. The highest BCUT2D eigenvalue weighted by atomic mass is 35.5. The zero-order chi connectivity index (χ0) is 26.9. The Morgan fingerprint density at radius 1 is 0.474 bits per heavy atom. The minimum atomic E-state index is 0. The molecule has 0 radical (unpaired) electrons. The van der Waals surface area contributed by atoms with E-state index in [4.69, 9.17) is 0 Å². The van der Waals surface area contributed by atoms with Crippen molar-refractivity contribution in [1.29, 1.82) is 0 Å². The van der Waals surface area contributed by atoms with E-state index >= 15 is 0 Å². The number of hydrogen-bond acceptors (Lipinski definition) is 2. The lowest BCUT2D eigenvalue weighted by Crippen LogP contribution is -2.29. The molecule has 0 atom stereocenters. The van der Waals surface area contributed by atoms with Crippen LogP contribution in [0.1, 0.15) is 153 Å². The van der Waals surface area contributed by atoms with Gasteiger partial charge in [-0.05, 0) is 97.3 Å². The Bertz CT molecular complexity index is 857. The van der Waals surface area contributed by atoms with Crippen molar-refractivity contribution in [3.05, 3.63) is 71.1 Å². The van der Waals surface area contributed by atoms with Crippen molar-refractivity contribution in [3.63, 3.8) is 0 Å². The minimum absolute atomic E-state index is 0. The van der Waals surface area contributed by atoms with Gasteiger partial charge in [0.05, 0.1) is 6.67 Å². The molecular formula is C35H55ClN2. The topological polar surface area (TPSA) is 6.48 Å². The number of nitrogens with zero attached hydrogens (tertiary/aromatic N) is 2. The minimum Gasteiger partial charge on any atom is -0.327 e. The predicted molar refractivity (Wildman–Crippen MR) is 172 cm³/mol. The SMILES string of the molecule is CCC(CC)c1cccc(C(CC)CC)c1N1C=CN(c2c(C(CC)CC)cccc2C(CC)CC)C1.Cl. The smallest absolute Gasteiger partial charge is 0.0989 e.